The van der Waals surface area contributed by atoms with Crippen LogP contribution >= 0.6 is 0 Å². The van der Waals surface area contributed by atoms with E-state index in [2.05, 4.69) is 20.7 Å². The molecule has 0 saturated carbocycles. The van der Waals surface area contributed by atoms with Crippen LogP contribution in [0.5, 0.6) is 0 Å². The monoisotopic (exact) mass is 444 g/mol. The molecule has 11 nitrogen and oxygen atoms in total. The number of hydrogen-bond donors (Lipinski definition) is 2. The minimum atomic E-state index is -1.07. The largest absolute Gasteiger partial charge is 0.464 e. The molecule has 3 aromatic rings. The van der Waals surface area contributed by atoms with E-state index >= 15 is 0 Å². The van der Waals surface area contributed by atoms with E-state index in [-0.39, 0.29) is 25.5 Å². The van der Waals surface area contributed by atoms with Crippen LogP contribution in [-0.2, 0) is 16.1 Å². The lowest BCUT2D eigenvalue weighted by atomic mass is 10.1. The molecule has 3 aromatic heterocycles. The Morgan fingerprint density at radius 2 is 1.84 bits per heavy atom. The molecule has 0 spiro atoms. The molecule has 1 atom stereocenters. The summed E-state index contributed by atoms with van der Waals surface area (Å²) < 4.78 is 11.2. The fourth-order valence-electron chi connectivity index (χ4n) is 3.14. The van der Waals surface area contributed by atoms with Gasteiger partial charge in [0.25, 0.3) is 5.91 Å². The summed E-state index contributed by atoms with van der Waals surface area (Å²) in [6.07, 6.45) is 0. The Morgan fingerprint density at radius 3 is 2.41 bits per heavy atom. The Bertz CT molecular complexity index is 1080. The van der Waals surface area contributed by atoms with E-state index < -0.39 is 23.4 Å². The summed E-state index contributed by atoms with van der Waals surface area (Å²) in [4.78, 5) is 28.7. The summed E-state index contributed by atoms with van der Waals surface area (Å²) in [5.74, 6) is 1.35. The zero-order chi connectivity index (χ0) is 23.5. The molecule has 172 valence electrons. The number of aliphatic hydroxyl groups excluding tert-OH is 1. The number of aliphatic hydroxyl groups is 1. The van der Waals surface area contributed by atoms with Crippen molar-refractivity contribution in [3.63, 3.8) is 0 Å². The topological polar surface area (TPSA) is 140 Å². The van der Waals surface area contributed by atoms with Crippen LogP contribution in [0.15, 0.2) is 33.1 Å². The number of amides is 2. The van der Waals surface area contributed by atoms with Crippen LogP contribution < -0.4 is 5.32 Å². The Hall–Kier alpha value is -3.47. The van der Waals surface area contributed by atoms with Crippen LogP contribution in [0, 0.1) is 13.8 Å². The number of furan rings is 2. The fourth-order valence-corrected chi connectivity index (χ4v) is 3.14. The summed E-state index contributed by atoms with van der Waals surface area (Å²) in [6.45, 7) is 8.35. The molecule has 0 aliphatic carbocycles. The van der Waals surface area contributed by atoms with E-state index in [4.69, 9.17) is 8.83 Å². The van der Waals surface area contributed by atoms with Crippen LogP contribution in [-0.4, -0.2) is 60.7 Å². The third-order valence-corrected chi connectivity index (χ3v) is 4.44. The standard InChI is InChI=1S/C21H28N6O5/c1-13-6-8-15(31-13)18(20(30)22-21(3,4)5)26(10-11-28)17(29)12-27-24-19(23-25-27)16-9-7-14(2)32-16/h6-9,18,28H,10-12H2,1-5H3,(H,22,30). The van der Waals surface area contributed by atoms with Gasteiger partial charge in [-0.05, 0) is 64.1 Å². The lowest BCUT2D eigenvalue weighted by Gasteiger charge is -2.31. The van der Waals surface area contributed by atoms with Crippen LogP contribution in [0.2, 0.25) is 0 Å². The maximum Gasteiger partial charge on any atom is 0.251 e. The summed E-state index contributed by atoms with van der Waals surface area (Å²) in [6, 6.07) is 5.77. The maximum absolute atomic E-state index is 13.2. The maximum atomic E-state index is 13.2. The van der Waals surface area contributed by atoms with Crippen molar-refractivity contribution < 1.29 is 23.5 Å². The molecule has 11 heteroatoms. The van der Waals surface area contributed by atoms with Gasteiger partial charge in [-0.3, -0.25) is 9.59 Å². The molecule has 2 N–H and O–H groups in total. The van der Waals surface area contributed by atoms with Crippen molar-refractivity contribution in [2.24, 2.45) is 0 Å². The molecule has 0 aliphatic heterocycles. The van der Waals surface area contributed by atoms with Crippen LogP contribution in [0.1, 0.15) is 44.1 Å². The average molecular weight is 444 g/mol. The summed E-state index contributed by atoms with van der Waals surface area (Å²) in [7, 11) is 0. The van der Waals surface area contributed by atoms with E-state index in [1.165, 1.54) is 4.90 Å². The average Bonchev–Trinajstić information content (AvgIpc) is 3.41. The Labute approximate surface area is 185 Å². The lowest BCUT2D eigenvalue weighted by Crippen LogP contribution is -2.50. The van der Waals surface area contributed by atoms with E-state index in [0.717, 1.165) is 4.80 Å². The number of hydrogen-bond acceptors (Lipinski definition) is 8. The summed E-state index contributed by atoms with van der Waals surface area (Å²) in [5.41, 5.74) is -0.533. The number of carbonyl (C=O) groups excluding carboxylic acids is 2. The van der Waals surface area contributed by atoms with Gasteiger partial charge >= 0.3 is 0 Å². The minimum Gasteiger partial charge on any atom is -0.464 e. The predicted molar refractivity (Wildman–Crippen MR) is 113 cm³/mol. The van der Waals surface area contributed by atoms with Gasteiger partial charge in [-0.1, -0.05) is 0 Å². The van der Waals surface area contributed by atoms with Crippen molar-refractivity contribution in [1.82, 2.24) is 30.4 Å². The molecule has 0 bridgehead atoms. The van der Waals surface area contributed by atoms with Crippen LogP contribution in [0.3, 0.4) is 0 Å². The van der Waals surface area contributed by atoms with Gasteiger partial charge in [-0.2, -0.15) is 4.80 Å². The highest BCUT2D eigenvalue weighted by Gasteiger charge is 2.35. The van der Waals surface area contributed by atoms with Crippen molar-refractivity contribution in [2.45, 2.75) is 52.7 Å². The zero-order valence-corrected chi connectivity index (χ0v) is 18.8. The summed E-state index contributed by atoms with van der Waals surface area (Å²) in [5, 5.41) is 24.5. The molecule has 3 heterocycles. The van der Waals surface area contributed by atoms with Gasteiger partial charge in [-0.25, -0.2) is 0 Å². The zero-order valence-electron chi connectivity index (χ0n) is 18.8. The predicted octanol–water partition coefficient (Wildman–Crippen LogP) is 1.62. The first-order chi connectivity index (χ1) is 15.1. The first kappa shape index (κ1) is 23.2. The highest BCUT2D eigenvalue weighted by atomic mass is 16.3. The van der Waals surface area contributed by atoms with Gasteiger partial charge in [0.05, 0.1) is 6.61 Å². The van der Waals surface area contributed by atoms with E-state index in [9.17, 15) is 14.7 Å². The van der Waals surface area contributed by atoms with Crippen LogP contribution in [0.25, 0.3) is 11.6 Å². The van der Waals surface area contributed by atoms with Crippen molar-refractivity contribution in [1.29, 1.82) is 0 Å². The molecule has 3 rings (SSSR count). The minimum absolute atomic E-state index is 0.0836. The van der Waals surface area contributed by atoms with E-state index in [0.29, 0.717) is 23.0 Å². The number of aromatic nitrogens is 4. The smallest absolute Gasteiger partial charge is 0.251 e. The second kappa shape index (κ2) is 9.35. The lowest BCUT2D eigenvalue weighted by molar-refractivity contribution is -0.143. The Morgan fingerprint density at radius 1 is 1.16 bits per heavy atom. The van der Waals surface area contributed by atoms with Crippen molar-refractivity contribution >= 4 is 11.8 Å². The number of nitrogens with zero attached hydrogens (tertiary/aromatic N) is 5. The van der Waals surface area contributed by atoms with E-state index in [1.807, 2.05) is 20.8 Å². The van der Waals surface area contributed by atoms with Gasteiger partial charge in [0.15, 0.2) is 11.8 Å². The molecule has 0 aromatic carbocycles. The highest BCUT2D eigenvalue weighted by molar-refractivity contribution is 5.88. The van der Waals surface area contributed by atoms with Crippen molar-refractivity contribution in [3.8, 4) is 11.6 Å². The van der Waals surface area contributed by atoms with E-state index in [1.54, 1.807) is 38.1 Å². The third kappa shape index (κ3) is 5.61. The van der Waals surface area contributed by atoms with Crippen molar-refractivity contribution in [3.05, 3.63) is 41.5 Å². The molecule has 1 unspecified atom stereocenters. The quantitative estimate of drug-likeness (QED) is 0.534. The molecular formula is C21H28N6O5. The summed E-state index contributed by atoms with van der Waals surface area (Å²) >= 11 is 0. The van der Waals surface area contributed by atoms with Gasteiger partial charge in [-0.15, -0.1) is 10.2 Å². The molecule has 0 radical (unpaired) electrons. The highest BCUT2D eigenvalue weighted by Crippen LogP contribution is 2.25. The van der Waals surface area contributed by atoms with Gasteiger partial charge in [0.2, 0.25) is 11.7 Å². The number of nitrogens with one attached hydrogen (secondary N) is 1. The van der Waals surface area contributed by atoms with Crippen LogP contribution in [0.4, 0.5) is 0 Å². The molecule has 0 fully saturated rings. The Kier molecular flexibility index (Phi) is 6.78. The first-order valence-electron chi connectivity index (χ1n) is 10.2. The SMILES string of the molecule is Cc1ccc(-c2nnn(CC(=O)N(CCO)C(C(=O)NC(C)(C)C)c3ccc(C)o3)n2)o1. The fraction of sp³-hybridized carbons (Fsp3) is 0.476. The molecule has 0 saturated heterocycles. The first-order valence-corrected chi connectivity index (χ1v) is 10.2. The number of tetrazole rings is 1. The van der Waals surface area contributed by atoms with Gasteiger partial charge in [0, 0.05) is 12.1 Å². The molecular weight excluding hydrogens is 416 g/mol. The van der Waals surface area contributed by atoms with Gasteiger partial charge in [0.1, 0.15) is 23.8 Å². The molecule has 0 aliphatic rings. The number of carbonyl (C=O) groups is 2. The number of rotatable bonds is 8. The van der Waals surface area contributed by atoms with Crippen molar-refractivity contribution in [2.75, 3.05) is 13.2 Å². The molecule has 32 heavy (non-hydrogen) atoms. The second-order valence-electron chi connectivity index (χ2n) is 8.45. The Balaban J connectivity index is 1.86. The third-order valence-electron chi connectivity index (χ3n) is 4.44. The van der Waals surface area contributed by atoms with Gasteiger partial charge < -0.3 is 24.2 Å². The molecule has 2 amide bonds. The second-order valence-corrected chi connectivity index (χ2v) is 8.45. The normalized spacial score (nSPS) is 12.6. The number of aryl methyl sites for hydroxylation is 2.